The van der Waals surface area contributed by atoms with E-state index in [0.717, 1.165) is 37.8 Å². The first-order valence-electron chi connectivity index (χ1n) is 11.2. The summed E-state index contributed by atoms with van der Waals surface area (Å²) in [5.41, 5.74) is 2.99. The number of methoxy groups -OCH3 is 2. The average Bonchev–Trinajstić information content (AvgIpc) is 3.35. The van der Waals surface area contributed by atoms with Gasteiger partial charge in [0.05, 0.1) is 20.5 Å². The van der Waals surface area contributed by atoms with Gasteiger partial charge < -0.3 is 18.9 Å². The van der Waals surface area contributed by atoms with Gasteiger partial charge in [0.15, 0.2) is 11.5 Å². The average molecular weight is 436 g/mol. The third-order valence-electron chi connectivity index (χ3n) is 5.53. The molecular weight excluding hydrogens is 402 g/mol. The molecule has 0 aliphatic carbocycles. The molecular formula is C26H33N3O3. The lowest BCUT2D eigenvalue weighted by Gasteiger charge is -2.24. The Morgan fingerprint density at radius 3 is 2.41 bits per heavy atom. The molecule has 0 bridgehead atoms. The smallest absolute Gasteiger partial charge is 0.254 e. The Hall–Kier alpha value is -3.28. The van der Waals surface area contributed by atoms with Crippen molar-refractivity contribution in [1.82, 2.24) is 14.5 Å². The Morgan fingerprint density at radius 2 is 1.75 bits per heavy atom. The number of carbonyl (C=O) groups is 1. The summed E-state index contributed by atoms with van der Waals surface area (Å²) in [7, 11) is 3.24. The SMILES string of the molecule is CCCCc1ccc(C(=O)N(CCCn2ccnc2)Cc2ccc(OC)c(OC)c2)cc1. The van der Waals surface area contributed by atoms with Crippen molar-refractivity contribution in [1.29, 1.82) is 0 Å². The Bertz CT molecular complexity index is 968. The molecule has 2 aromatic carbocycles. The van der Waals surface area contributed by atoms with Gasteiger partial charge in [0.25, 0.3) is 5.91 Å². The minimum absolute atomic E-state index is 0.0347. The summed E-state index contributed by atoms with van der Waals surface area (Å²) in [4.78, 5) is 19.4. The van der Waals surface area contributed by atoms with E-state index in [0.29, 0.717) is 30.2 Å². The maximum Gasteiger partial charge on any atom is 0.254 e. The van der Waals surface area contributed by atoms with Gasteiger partial charge in [-0.05, 0) is 54.7 Å². The van der Waals surface area contributed by atoms with Crippen molar-refractivity contribution in [3.05, 3.63) is 77.9 Å². The number of amides is 1. The lowest BCUT2D eigenvalue weighted by Crippen LogP contribution is -2.32. The van der Waals surface area contributed by atoms with Gasteiger partial charge in [-0.2, -0.15) is 0 Å². The van der Waals surface area contributed by atoms with Gasteiger partial charge in [-0.1, -0.05) is 31.5 Å². The quantitative estimate of drug-likeness (QED) is 0.403. The van der Waals surface area contributed by atoms with Crippen LogP contribution in [0.15, 0.2) is 61.2 Å². The number of aryl methyl sites for hydroxylation is 2. The number of imidazole rings is 1. The molecule has 0 radical (unpaired) electrons. The van der Waals surface area contributed by atoms with Gasteiger partial charge >= 0.3 is 0 Å². The number of benzene rings is 2. The van der Waals surface area contributed by atoms with Gasteiger partial charge in [-0.3, -0.25) is 4.79 Å². The van der Waals surface area contributed by atoms with Gasteiger partial charge in [0.1, 0.15) is 0 Å². The number of nitrogens with zero attached hydrogens (tertiary/aromatic N) is 3. The van der Waals surface area contributed by atoms with Crippen molar-refractivity contribution in [2.24, 2.45) is 0 Å². The number of carbonyl (C=O) groups excluding carboxylic acids is 1. The Labute approximate surface area is 190 Å². The number of hydrogen-bond acceptors (Lipinski definition) is 4. The van der Waals surface area contributed by atoms with Crippen LogP contribution in [0.2, 0.25) is 0 Å². The van der Waals surface area contributed by atoms with Crippen LogP contribution in [-0.2, 0) is 19.5 Å². The summed E-state index contributed by atoms with van der Waals surface area (Å²) in [6, 6.07) is 13.8. The molecule has 1 aromatic heterocycles. The zero-order valence-electron chi connectivity index (χ0n) is 19.3. The summed E-state index contributed by atoms with van der Waals surface area (Å²) < 4.78 is 12.8. The van der Waals surface area contributed by atoms with E-state index in [9.17, 15) is 4.79 Å². The molecule has 1 heterocycles. The van der Waals surface area contributed by atoms with Crippen molar-refractivity contribution >= 4 is 5.91 Å². The predicted octanol–water partition coefficient (Wildman–Crippen LogP) is 4.98. The van der Waals surface area contributed by atoms with Crippen LogP contribution in [0.5, 0.6) is 11.5 Å². The maximum atomic E-state index is 13.4. The third-order valence-corrected chi connectivity index (χ3v) is 5.53. The van der Waals surface area contributed by atoms with Gasteiger partial charge in [0, 0.05) is 37.6 Å². The molecule has 0 spiro atoms. The van der Waals surface area contributed by atoms with Crippen LogP contribution >= 0.6 is 0 Å². The van der Waals surface area contributed by atoms with Crippen LogP contribution in [0, 0.1) is 0 Å². The normalized spacial score (nSPS) is 10.7. The lowest BCUT2D eigenvalue weighted by molar-refractivity contribution is 0.0739. The maximum absolute atomic E-state index is 13.4. The molecule has 3 rings (SSSR count). The molecule has 3 aromatic rings. The van der Waals surface area contributed by atoms with Crippen LogP contribution < -0.4 is 9.47 Å². The highest BCUT2D eigenvalue weighted by atomic mass is 16.5. The molecule has 6 nitrogen and oxygen atoms in total. The van der Waals surface area contributed by atoms with Crippen LogP contribution in [0.1, 0.15) is 47.7 Å². The molecule has 0 saturated carbocycles. The zero-order chi connectivity index (χ0) is 22.8. The van der Waals surface area contributed by atoms with Crippen molar-refractivity contribution in [2.75, 3.05) is 20.8 Å². The number of unbranched alkanes of at least 4 members (excludes halogenated alkanes) is 1. The number of aromatic nitrogens is 2. The fourth-order valence-electron chi connectivity index (χ4n) is 3.69. The molecule has 0 atom stereocenters. The molecule has 0 aliphatic heterocycles. The van der Waals surface area contributed by atoms with E-state index in [1.807, 2.05) is 46.0 Å². The molecule has 6 heteroatoms. The molecule has 0 fully saturated rings. The minimum atomic E-state index is 0.0347. The highest BCUT2D eigenvalue weighted by Gasteiger charge is 2.17. The summed E-state index contributed by atoms with van der Waals surface area (Å²) in [6.45, 7) is 4.14. The fraction of sp³-hybridized carbons (Fsp3) is 0.385. The first-order chi connectivity index (χ1) is 15.6. The van der Waals surface area contributed by atoms with E-state index < -0.39 is 0 Å². The second-order valence-electron chi connectivity index (χ2n) is 7.87. The monoisotopic (exact) mass is 435 g/mol. The summed E-state index contributed by atoms with van der Waals surface area (Å²) >= 11 is 0. The highest BCUT2D eigenvalue weighted by Crippen LogP contribution is 2.28. The third kappa shape index (κ3) is 6.36. The lowest BCUT2D eigenvalue weighted by atomic mass is 10.1. The Morgan fingerprint density at radius 1 is 1.00 bits per heavy atom. The van der Waals surface area contributed by atoms with Crippen LogP contribution in [0.4, 0.5) is 0 Å². The van der Waals surface area contributed by atoms with E-state index in [-0.39, 0.29) is 5.91 Å². The highest BCUT2D eigenvalue weighted by molar-refractivity contribution is 5.94. The molecule has 32 heavy (non-hydrogen) atoms. The van der Waals surface area contributed by atoms with E-state index >= 15 is 0 Å². The van der Waals surface area contributed by atoms with Crippen molar-refractivity contribution in [3.63, 3.8) is 0 Å². The molecule has 0 aliphatic rings. The first kappa shape index (κ1) is 23.4. The second kappa shape index (κ2) is 11.9. The molecule has 0 N–H and O–H groups in total. The van der Waals surface area contributed by atoms with E-state index in [4.69, 9.17) is 9.47 Å². The molecule has 0 unspecified atom stereocenters. The minimum Gasteiger partial charge on any atom is -0.493 e. The largest absolute Gasteiger partial charge is 0.493 e. The van der Waals surface area contributed by atoms with Crippen molar-refractivity contribution < 1.29 is 14.3 Å². The Kier molecular flexibility index (Phi) is 8.72. The topological polar surface area (TPSA) is 56.6 Å². The van der Waals surface area contributed by atoms with Gasteiger partial charge in [-0.15, -0.1) is 0 Å². The van der Waals surface area contributed by atoms with Crippen molar-refractivity contribution in [2.45, 2.75) is 45.7 Å². The summed E-state index contributed by atoms with van der Waals surface area (Å²) in [5.74, 6) is 1.38. The van der Waals surface area contributed by atoms with Crippen molar-refractivity contribution in [3.8, 4) is 11.5 Å². The van der Waals surface area contributed by atoms with E-state index in [2.05, 4.69) is 24.0 Å². The van der Waals surface area contributed by atoms with Gasteiger partial charge in [-0.25, -0.2) is 4.98 Å². The number of hydrogen-bond donors (Lipinski definition) is 0. The molecule has 1 amide bonds. The van der Waals surface area contributed by atoms with E-state index in [1.165, 1.54) is 5.56 Å². The number of rotatable bonds is 12. The standard InChI is InChI=1S/C26H33N3O3/c1-4-5-7-21-8-11-23(12-9-21)26(30)29(16-6-15-28-17-14-27-20-28)19-22-10-13-24(31-2)25(18-22)32-3/h8-14,17-18,20H,4-7,15-16,19H2,1-3H3. The van der Waals surface area contributed by atoms with Crippen LogP contribution in [-0.4, -0.2) is 41.1 Å². The van der Waals surface area contributed by atoms with E-state index in [1.54, 1.807) is 26.7 Å². The van der Waals surface area contributed by atoms with Crippen LogP contribution in [0.3, 0.4) is 0 Å². The fourth-order valence-corrected chi connectivity index (χ4v) is 3.69. The zero-order valence-corrected chi connectivity index (χ0v) is 19.3. The molecule has 170 valence electrons. The second-order valence-corrected chi connectivity index (χ2v) is 7.87. The first-order valence-corrected chi connectivity index (χ1v) is 11.2. The number of ether oxygens (including phenoxy) is 2. The van der Waals surface area contributed by atoms with Gasteiger partial charge in [0.2, 0.25) is 0 Å². The summed E-state index contributed by atoms with van der Waals surface area (Å²) in [5, 5.41) is 0. The Balaban J connectivity index is 1.75. The predicted molar refractivity (Wildman–Crippen MR) is 126 cm³/mol. The summed E-state index contributed by atoms with van der Waals surface area (Å²) in [6.07, 6.45) is 9.72. The van der Waals surface area contributed by atoms with Crippen LogP contribution in [0.25, 0.3) is 0 Å². The molecule has 0 saturated heterocycles.